The second-order valence-corrected chi connectivity index (χ2v) is 6.53. The Morgan fingerprint density at radius 2 is 1.86 bits per heavy atom. The third kappa shape index (κ3) is 4.43. The maximum Gasteiger partial charge on any atom is 0.185 e. The largest absolute Gasteiger partial charge is 0.199 e. The highest BCUT2D eigenvalue weighted by Gasteiger charge is 2.23. The van der Waals surface area contributed by atoms with Gasteiger partial charge in [-0.2, -0.15) is 4.57 Å². The zero-order chi connectivity index (χ0) is 15.1. The minimum atomic E-state index is 1.21. The lowest BCUT2D eigenvalue weighted by molar-refractivity contribution is -0.696. The van der Waals surface area contributed by atoms with Gasteiger partial charge in [-0.15, -0.1) is 0 Å². The van der Waals surface area contributed by atoms with Crippen molar-refractivity contribution in [1.29, 1.82) is 0 Å². The van der Waals surface area contributed by atoms with Crippen LogP contribution in [0.3, 0.4) is 0 Å². The van der Waals surface area contributed by atoms with Gasteiger partial charge < -0.3 is 0 Å². The van der Waals surface area contributed by atoms with E-state index in [1.807, 2.05) is 0 Å². The van der Waals surface area contributed by atoms with Crippen molar-refractivity contribution in [3.05, 3.63) is 34.7 Å². The molecule has 21 heavy (non-hydrogen) atoms. The van der Waals surface area contributed by atoms with Gasteiger partial charge in [0.05, 0.1) is 0 Å². The lowest BCUT2D eigenvalue weighted by Gasteiger charge is -2.06. The van der Waals surface area contributed by atoms with Gasteiger partial charge in [-0.25, -0.2) is 0 Å². The summed E-state index contributed by atoms with van der Waals surface area (Å²) in [6.07, 6.45) is 16.8. The number of rotatable bonds is 8. The van der Waals surface area contributed by atoms with Crippen molar-refractivity contribution in [3.63, 3.8) is 0 Å². The van der Waals surface area contributed by atoms with Gasteiger partial charge in [-0.1, -0.05) is 51.2 Å². The van der Waals surface area contributed by atoms with Gasteiger partial charge in [0.2, 0.25) is 0 Å². The van der Waals surface area contributed by atoms with Crippen LogP contribution in [0.4, 0.5) is 0 Å². The molecule has 1 nitrogen and oxygen atoms in total. The standard InChI is InChI=1S/C20H32N/c1-4-5-6-7-8-9-10-11-14-20-17(2)16-19-13-12-15-21(19)18(20)3/h11,14,16H,4-10,12-13,15H2,1-3H3/q+1/b14-11-. The molecule has 2 heterocycles. The first-order valence-corrected chi connectivity index (χ1v) is 8.93. The quantitative estimate of drug-likeness (QED) is 0.451. The summed E-state index contributed by atoms with van der Waals surface area (Å²) in [5, 5.41) is 0. The van der Waals surface area contributed by atoms with Crippen LogP contribution in [0.2, 0.25) is 0 Å². The van der Waals surface area contributed by atoms with Crippen LogP contribution in [-0.4, -0.2) is 0 Å². The fraction of sp³-hybridized carbons (Fsp3) is 0.650. The predicted octanol–water partition coefficient (Wildman–Crippen LogP) is 5.30. The highest BCUT2D eigenvalue weighted by atomic mass is 15.0. The number of aryl methyl sites for hydroxylation is 2. The van der Waals surface area contributed by atoms with E-state index in [0.29, 0.717) is 0 Å². The van der Waals surface area contributed by atoms with Crippen LogP contribution < -0.4 is 4.57 Å². The van der Waals surface area contributed by atoms with Crippen LogP contribution in [0.5, 0.6) is 0 Å². The van der Waals surface area contributed by atoms with E-state index in [1.54, 1.807) is 0 Å². The fourth-order valence-corrected chi connectivity index (χ4v) is 3.48. The Morgan fingerprint density at radius 1 is 1.10 bits per heavy atom. The molecule has 0 spiro atoms. The van der Waals surface area contributed by atoms with Crippen LogP contribution >= 0.6 is 0 Å². The first kappa shape index (κ1) is 16.3. The number of aromatic nitrogens is 1. The smallest absolute Gasteiger partial charge is 0.185 e. The normalized spacial score (nSPS) is 14.0. The van der Waals surface area contributed by atoms with Gasteiger partial charge >= 0.3 is 0 Å². The number of fused-ring (bicyclic) bond motifs is 1. The molecule has 2 rings (SSSR count). The highest BCUT2D eigenvalue weighted by molar-refractivity contribution is 5.54. The van der Waals surface area contributed by atoms with Crippen molar-refractivity contribution >= 4 is 6.08 Å². The molecule has 0 N–H and O–H groups in total. The average Bonchev–Trinajstić information content (AvgIpc) is 2.93. The van der Waals surface area contributed by atoms with Gasteiger partial charge in [0.25, 0.3) is 0 Å². The molecular formula is C20H32N+. The number of pyridine rings is 1. The topological polar surface area (TPSA) is 3.88 Å². The van der Waals surface area contributed by atoms with Crippen LogP contribution in [0.1, 0.15) is 80.8 Å². The van der Waals surface area contributed by atoms with Crippen molar-refractivity contribution in [2.75, 3.05) is 0 Å². The molecule has 0 saturated heterocycles. The van der Waals surface area contributed by atoms with Gasteiger partial charge in [0, 0.05) is 31.4 Å². The van der Waals surface area contributed by atoms with Crippen molar-refractivity contribution in [2.45, 2.75) is 85.1 Å². The van der Waals surface area contributed by atoms with Gasteiger partial charge in [-0.3, -0.25) is 0 Å². The Hall–Kier alpha value is -1.11. The Labute approximate surface area is 131 Å². The number of unbranched alkanes of at least 4 members (excludes halogenated alkanes) is 6. The summed E-state index contributed by atoms with van der Waals surface area (Å²) in [6, 6.07) is 2.39. The molecule has 0 saturated carbocycles. The van der Waals surface area contributed by atoms with Crippen LogP contribution in [0.15, 0.2) is 12.1 Å². The highest BCUT2D eigenvalue weighted by Crippen LogP contribution is 2.18. The molecule has 0 aliphatic carbocycles. The summed E-state index contributed by atoms with van der Waals surface area (Å²) >= 11 is 0. The molecule has 1 aliphatic rings. The minimum Gasteiger partial charge on any atom is -0.199 e. The van der Waals surface area contributed by atoms with E-state index in [4.69, 9.17) is 0 Å². The van der Waals surface area contributed by atoms with E-state index in [0.717, 1.165) is 0 Å². The molecule has 116 valence electrons. The van der Waals surface area contributed by atoms with Crippen LogP contribution in [-0.2, 0) is 13.0 Å². The van der Waals surface area contributed by atoms with E-state index in [2.05, 4.69) is 43.6 Å². The Morgan fingerprint density at radius 3 is 2.67 bits per heavy atom. The lowest BCUT2D eigenvalue weighted by Crippen LogP contribution is -2.37. The van der Waals surface area contributed by atoms with Crippen molar-refractivity contribution < 1.29 is 4.57 Å². The molecule has 0 aromatic carbocycles. The summed E-state index contributed by atoms with van der Waals surface area (Å²) < 4.78 is 2.51. The van der Waals surface area contributed by atoms with Gasteiger partial charge in [0.15, 0.2) is 11.4 Å². The predicted molar refractivity (Wildman–Crippen MR) is 91.5 cm³/mol. The number of allylic oxidation sites excluding steroid dienone is 1. The second-order valence-electron chi connectivity index (χ2n) is 6.53. The fourth-order valence-electron chi connectivity index (χ4n) is 3.48. The Bertz CT molecular complexity index is 485. The number of hydrogen-bond acceptors (Lipinski definition) is 0. The number of nitrogens with zero attached hydrogens (tertiary/aromatic N) is 1. The average molecular weight is 286 g/mol. The molecule has 0 atom stereocenters. The van der Waals surface area contributed by atoms with Gasteiger partial charge in [-0.05, 0) is 25.3 Å². The molecule has 0 radical (unpaired) electrons. The third-order valence-corrected chi connectivity index (χ3v) is 4.77. The molecular weight excluding hydrogens is 254 g/mol. The SMILES string of the molecule is CCCCCCCC/C=C\c1c(C)cc2[n+](c1C)CCC2. The molecule has 1 aromatic rings. The van der Waals surface area contributed by atoms with E-state index < -0.39 is 0 Å². The number of hydrogen-bond donors (Lipinski definition) is 0. The van der Waals surface area contributed by atoms with Crippen molar-refractivity contribution in [1.82, 2.24) is 0 Å². The van der Waals surface area contributed by atoms with E-state index in [-0.39, 0.29) is 0 Å². The Balaban J connectivity index is 1.84. The van der Waals surface area contributed by atoms with Crippen molar-refractivity contribution in [2.24, 2.45) is 0 Å². The maximum absolute atomic E-state index is 2.51. The zero-order valence-corrected chi connectivity index (χ0v) is 14.3. The molecule has 0 bridgehead atoms. The molecule has 1 aliphatic heterocycles. The maximum atomic E-state index is 2.51. The van der Waals surface area contributed by atoms with Gasteiger partial charge in [0.1, 0.15) is 6.54 Å². The molecule has 1 aromatic heterocycles. The Kier molecular flexibility index (Phi) is 6.48. The summed E-state index contributed by atoms with van der Waals surface area (Å²) in [5.41, 5.74) is 5.88. The monoisotopic (exact) mass is 286 g/mol. The lowest BCUT2D eigenvalue weighted by atomic mass is 10.0. The summed E-state index contributed by atoms with van der Waals surface area (Å²) in [5.74, 6) is 0. The second kappa shape index (κ2) is 8.36. The third-order valence-electron chi connectivity index (χ3n) is 4.77. The zero-order valence-electron chi connectivity index (χ0n) is 14.3. The first-order chi connectivity index (χ1) is 10.2. The van der Waals surface area contributed by atoms with Crippen molar-refractivity contribution in [3.8, 4) is 0 Å². The summed E-state index contributed by atoms with van der Waals surface area (Å²) in [4.78, 5) is 0. The summed E-state index contributed by atoms with van der Waals surface area (Å²) in [7, 11) is 0. The van der Waals surface area contributed by atoms with Crippen LogP contribution in [0, 0.1) is 13.8 Å². The molecule has 0 unspecified atom stereocenters. The van der Waals surface area contributed by atoms with Crippen LogP contribution in [0.25, 0.3) is 6.08 Å². The molecule has 0 fully saturated rings. The van der Waals surface area contributed by atoms with E-state index >= 15 is 0 Å². The van der Waals surface area contributed by atoms with E-state index in [9.17, 15) is 0 Å². The minimum absolute atomic E-state index is 1.21. The molecule has 0 amide bonds. The first-order valence-electron chi connectivity index (χ1n) is 8.93. The molecule has 1 heteroatoms. The summed E-state index contributed by atoms with van der Waals surface area (Å²) in [6.45, 7) is 8.03. The van der Waals surface area contributed by atoms with E-state index in [1.165, 1.54) is 86.8 Å².